The molecule has 100 valence electrons. The van der Waals surface area contributed by atoms with Crippen molar-refractivity contribution in [3.8, 4) is 5.75 Å². The zero-order chi connectivity index (χ0) is 13.0. The predicted octanol–water partition coefficient (Wildman–Crippen LogP) is 2.88. The van der Waals surface area contributed by atoms with Gasteiger partial charge in [0.05, 0.1) is 11.6 Å². The van der Waals surface area contributed by atoms with Gasteiger partial charge in [0.25, 0.3) is 0 Å². The van der Waals surface area contributed by atoms with Crippen molar-refractivity contribution >= 4 is 11.6 Å². The van der Waals surface area contributed by atoms with E-state index >= 15 is 0 Å². The highest BCUT2D eigenvalue weighted by Gasteiger charge is 2.18. The fourth-order valence-electron chi connectivity index (χ4n) is 2.42. The van der Waals surface area contributed by atoms with E-state index < -0.39 is 0 Å². The molecule has 0 bridgehead atoms. The third kappa shape index (κ3) is 3.37. The average molecular weight is 269 g/mol. The van der Waals surface area contributed by atoms with Gasteiger partial charge < -0.3 is 15.8 Å². The van der Waals surface area contributed by atoms with Crippen LogP contribution in [0, 0.1) is 0 Å². The highest BCUT2D eigenvalue weighted by Crippen LogP contribution is 2.29. The van der Waals surface area contributed by atoms with Gasteiger partial charge in [-0.25, -0.2) is 0 Å². The van der Waals surface area contributed by atoms with Gasteiger partial charge in [0.15, 0.2) is 0 Å². The molecule has 0 aromatic heterocycles. The Morgan fingerprint density at radius 3 is 3.00 bits per heavy atom. The summed E-state index contributed by atoms with van der Waals surface area (Å²) in [6.07, 6.45) is 3.43. The second-order valence-electron chi connectivity index (χ2n) is 4.76. The summed E-state index contributed by atoms with van der Waals surface area (Å²) < 4.78 is 5.42. The second-order valence-corrected chi connectivity index (χ2v) is 5.17. The zero-order valence-corrected chi connectivity index (χ0v) is 11.5. The summed E-state index contributed by atoms with van der Waals surface area (Å²) >= 11 is 6.17. The minimum Gasteiger partial charge on any atom is -0.492 e. The van der Waals surface area contributed by atoms with Crippen LogP contribution in [0.5, 0.6) is 5.75 Å². The maximum absolute atomic E-state index is 6.23. The van der Waals surface area contributed by atoms with E-state index in [1.165, 1.54) is 12.8 Å². The van der Waals surface area contributed by atoms with E-state index in [4.69, 9.17) is 22.1 Å². The molecule has 1 fully saturated rings. The first-order valence-electron chi connectivity index (χ1n) is 6.62. The van der Waals surface area contributed by atoms with Crippen LogP contribution in [0.2, 0.25) is 5.02 Å². The molecule has 0 spiro atoms. The largest absolute Gasteiger partial charge is 0.492 e. The van der Waals surface area contributed by atoms with Crippen molar-refractivity contribution in [3.05, 3.63) is 28.8 Å². The number of halogens is 1. The average Bonchev–Trinajstić information content (AvgIpc) is 2.84. The van der Waals surface area contributed by atoms with Gasteiger partial charge >= 0.3 is 0 Å². The Balaban J connectivity index is 2.01. The lowest BCUT2D eigenvalue weighted by molar-refractivity contribution is 0.340. The number of rotatable bonds is 5. The topological polar surface area (TPSA) is 47.3 Å². The Morgan fingerprint density at radius 1 is 1.56 bits per heavy atom. The van der Waals surface area contributed by atoms with Crippen LogP contribution in [0.15, 0.2) is 18.2 Å². The molecule has 0 radical (unpaired) electrons. The summed E-state index contributed by atoms with van der Waals surface area (Å²) in [6, 6.07) is 6.42. The molecule has 1 aromatic rings. The van der Waals surface area contributed by atoms with Crippen LogP contribution >= 0.6 is 11.6 Å². The molecule has 2 rings (SSSR count). The molecular weight excluding hydrogens is 248 g/mol. The van der Waals surface area contributed by atoms with Crippen LogP contribution < -0.4 is 15.8 Å². The molecule has 2 atom stereocenters. The highest BCUT2D eigenvalue weighted by molar-refractivity contribution is 6.32. The minimum absolute atomic E-state index is 0.0359. The van der Waals surface area contributed by atoms with Crippen molar-refractivity contribution in [2.24, 2.45) is 5.73 Å². The van der Waals surface area contributed by atoms with E-state index in [1.807, 2.05) is 25.1 Å². The molecule has 4 heteroatoms. The summed E-state index contributed by atoms with van der Waals surface area (Å²) in [7, 11) is 0. The molecule has 3 N–H and O–H groups in total. The maximum atomic E-state index is 6.23. The lowest BCUT2D eigenvalue weighted by atomic mass is 9.99. The van der Waals surface area contributed by atoms with Crippen molar-refractivity contribution in [2.75, 3.05) is 13.2 Å². The van der Waals surface area contributed by atoms with Gasteiger partial charge in [0.2, 0.25) is 0 Å². The minimum atomic E-state index is 0.0359. The van der Waals surface area contributed by atoms with Crippen molar-refractivity contribution in [2.45, 2.75) is 38.3 Å². The summed E-state index contributed by atoms with van der Waals surface area (Å²) in [4.78, 5) is 0. The number of nitrogens with one attached hydrogen (secondary N) is 1. The van der Waals surface area contributed by atoms with Crippen LogP contribution in [0.1, 0.15) is 37.8 Å². The molecule has 0 amide bonds. The fourth-order valence-corrected chi connectivity index (χ4v) is 2.66. The first-order chi connectivity index (χ1) is 8.70. The first-order valence-corrected chi connectivity index (χ1v) is 6.99. The number of benzene rings is 1. The second kappa shape index (κ2) is 6.41. The molecule has 1 aliphatic heterocycles. The number of hydrogen-bond acceptors (Lipinski definition) is 3. The molecule has 1 aliphatic rings. The SMILES string of the molecule is CCOc1ccc(C(N)CC2CCCN2)cc1Cl. The van der Waals surface area contributed by atoms with Crippen molar-refractivity contribution in [3.63, 3.8) is 0 Å². The summed E-state index contributed by atoms with van der Waals surface area (Å²) in [5.41, 5.74) is 7.31. The normalized spacial score (nSPS) is 20.9. The van der Waals surface area contributed by atoms with Gasteiger partial charge in [0, 0.05) is 12.1 Å². The molecular formula is C14H21ClN2O. The Morgan fingerprint density at radius 2 is 2.39 bits per heavy atom. The van der Waals surface area contributed by atoms with E-state index in [9.17, 15) is 0 Å². The first kappa shape index (κ1) is 13.7. The summed E-state index contributed by atoms with van der Waals surface area (Å²) in [5.74, 6) is 0.731. The third-order valence-corrected chi connectivity index (χ3v) is 3.68. The molecule has 1 aromatic carbocycles. The number of ether oxygens (including phenoxy) is 1. The van der Waals surface area contributed by atoms with Crippen molar-refractivity contribution < 1.29 is 4.74 Å². The lowest BCUT2D eigenvalue weighted by Crippen LogP contribution is -2.26. The van der Waals surface area contributed by atoms with Crippen LogP contribution in [0.25, 0.3) is 0 Å². The Labute approximate surface area is 114 Å². The Hall–Kier alpha value is -0.770. The van der Waals surface area contributed by atoms with E-state index in [0.717, 1.165) is 24.3 Å². The molecule has 1 saturated heterocycles. The zero-order valence-electron chi connectivity index (χ0n) is 10.8. The Kier molecular flexibility index (Phi) is 4.87. The van der Waals surface area contributed by atoms with Crippen LogP contribution in [-0.2, 0) is 0 Å². The van der Waals surface area contributed by atoms with Gasteiger partial charge in [0.1, 0.15) is 5.75 Å². The lowest BCUT2D eigenvalue weighted by Gasteiger charge is -2.18. The van der Waals surface area contributed by atoms with Gasteiger partial charge in [-0.3, -0.25) is 0 Å². The van der Waals surface area contributed by atoms with Crippen LogP contribution in [-0.4, -0.2) is 19.2 Å². The Bertz CT molecular complexity index is 391. The smallest absolute Gasteiger partial charge is 0.137 e. The van der Waals surface area contributed by atoms with Gasteiger partial charge in [-0.15, -0.1) is 0 Å². The molecule has 1 heterocycles. The highest BCUT2D eigenvalue weighted by atomic mass is 35.5. The third-order valence-electron chi connectivity index (χ3n) is 3.38. The standard InChI is InChI=1S/C14H21ClN2O/c1-2-18-14-6-5-10(8-12(14)15)13(16)9-11-4-3-7-17-11/h5-6,8,11,13,17H,2-4,7,9,16H2,1H3. The van der Waals surface area contributed by atoms with E-state index in [2.05, 4.69) is 5.32 Å². The molecule has 2 unspecified atom stereocenters. The summed E-state index contributed by atoms with van der Waals surface area (Å²) in [6.45, 7) is 3.68. The maximum Gasteiger partial charge on any atom is 0.137 e. The molecule has 3 nitrogen and oxygen atoms in total. The molecule has 18 heavy (non-hydrogen) atoms. The van der Waals surface area contributed by atoms with Crippen LogP contribution in [0.4, 0.5) is 0 Å². The fraction of sp³-hybridized carbons (Fsp3) is 0.571. The quantitative estimate of drug-likeness (QED) is 0.863. The molecule has 0 aliphatic carbocycles. The van der Waals surface area contributed by atoms with Crippen molar-refractivity contribution in [1.29, 1.82) is 0 Å². The predicted molar refractivity (Wildman–Crippen MR) is 75.2 cm³/mol. The van der Waals surface area contributed by atoms with E-state index in [1.54, 1.807) is 0 Å². The monoisotopic (exact) mass is 268 g/mol. The van der Waals surface area contributed by atoms with Gasteiger partial charge in [-0.05, 0) is 50.4 Å². The van der Waals surface area contributed by atoms with Crippen molar-refractivity contribution in [1.82, 2.24) is 5.32 Å². The van der Waals surface area contributed by atoms with Gasteiger partial charge in [-0.2, -0.15) is 0 Å². The van der Waals surface area contributed by atoms with Gasteiger partial charge in [-0.1, -0.05) is 17.7 Å². The summed E-state index contributed by atoms with van der Waals surface area (Å²) in [5, 5.41) is 4.11. The number of hydrogen-bond donors (Lipinski definition) is 2. The van der Waals surface area contributed by atoms with E-state index in [-0.39, 0.29) is 6.04 Å². The molecule has 0 saturated carbocycles. The number of nitrogens with two attached hydrogens (primary N) is 1. The van der Waals surface area contributed by atoms with Crippen LogP contribution in [0.3, 0.4) is 0 Å². The van der Waals surface area contributed by atoms with E-state index in [0.29, 0.717) is 17.7 Å².